The Morgan fingerprint density at radius 1 is 1.05 bits per heavy atom. The van der Waals surface area contributed by atoms with Crippen LogP contribution in [0.4, 0.5) is 0 Å². The van der Waals surface area contributed by atoms with Crippen molar-refractivity contribution in [2.45, 2.75) is 75.8 Å². The molecule has 2 unspecified atom stereocenters. The van der Waals surface area contributed by atoms with E-state index >= 15 is 0 Å². The average Bonchev–Trinajstić information content (AvgIpc) is 2.96. The van der Waals surface area contributed by atoms with Gasteiger partial charge in [-0.25, -0.2) is 0 Å². The summed E-state index contributed by atoms with van der Waals surface area (Å²) in [4.78, 5) is 2.74. The van der Waals surface area contributed by atoms with Crippen LogP contribution in [0, 0.1) is 5.41 Å². The van der Waals surface area contributed by atoms with Crippen LogP contribution in [0.5, 0.6) is 0 Å². The lowest BCUT2D eigenvalue weighted by Gasteiger charge is -2.48. The number of hydrogen-bond donors (Lipinski definition) is 2. The molecule has 2 N–H and O–H groups in total. The summed E-state index contributed by atoms with van der Waals surface area (Å²) in [5.74, 6) is 0. The molecule has 0 aromatic rings. The Hall–Kier alpha value is -0.120. The van der Waals surface area contributed by atoms with E-state index in [-0.39, 0.29) is 12.1 Å². The third kappa shape index (κ3) is 2.77. The van der Waals surface area contributed by atoms with E-state index in [0.29, 0.717) is 6.04 Å². The predicted octanol–water partition coefficient (Wildman–Crippen LogP) is 2.54. The number of aliphatic hydroxyl groups is 1. The Kier molecular flexibility index (Phi) is 4.40. The molecule has 0 radical (unpaired) electrons. The minimum absolute atomic E-state index is 0.00852. The summed E-state index contributed by atoms with van der Waals surface area (Å²) in [6.07, 6.45) is 13.6. The van der Waals surface area contributed by atoms with E-state index in [1.807, 2.05) is 7.05 Å². The highest BCUT2D eigenvalue weighted by Gasteiger charge is 2.41. The summed E-state index contributed by atoms with van der Waals surface area (Å²) < 4.78 is 0. The maximum Gasteiger partial charge on any atom is 0.0613 e. The van der Waals surface area contributed by atoms with Gasteiger partial charge in [-0.3, -0.25) is 0 Å². The van der Waals surface area contributed by atoms with Crippen LogP contribution in [0.3, 0.4) is 0 Å². The van der Waals surface area contributed by atoms with Gasteiger partial charge < -0.3 is 15.3 Å². The van der Waals surface area contributed by atoms with Crippen molar-refractivity contribution in [2.75, 3.05) is 26.7 Å². The van der Waals surface area contributed by atoms with Crippen LogP contribution in [0.25, 0.3) is 0 Å². The van der Waals surface area contributed by atoms with E-state index < -0.39 is 0 Å². The van der Waals surface area contributed by atoms with Gasteiger partial charge in [0.05, 0.1) is 6.61 Å². The highest BCUT2D eigenvalue weighted by atomic mass is 16.3. The molecule has 1 aliphatic heterocycles. The van der Waals surface area contributed by atoms with Gasteiger partial charge in [-0.05, 0) is 76.9 Å². The van der Waals surface area contributed by atoms with E-state index in [9.17, 15) is 5.11 Å². The summed E-state index contributed by atoms with van der Waals surface area (Å²) in [6.45, 7) is 2.89. The van der Waals surface area contributed by atoms with Gasteiger partial charge in [0, 0.05) is 11.6 Å². The average molecular weight is 280 g/mol. The third-order valence-electron chi connectivity index (χ3n) is 6.69. The zero-order chi connectivity index (χ0) is 14.1. The number of likely N-dealkylation sites (tertiary alicyclic amines) is 1. The molecule has 3 heteroatoms. The van der Waals surface area contributed by atoms with Crippen molar-refractivity contribution in [3.63, 3.8) is 0 Å². The second kappa shape index (κ2) is 5.94. The summed E-state index contributed by atoms with van der Waals surface area (Å²) in [5, 5.41) is 13.2. The maximum absolute atomic E-state index is 9.74. The molecule has 0 aromatic heterocycles. The molecule has 0 bridgehead atoms. The first-order valence-corrected chi connectivity index (χ1v) is 8.75. The van der Waals surface area contributed by atoms with E-state index in [1.165, 1.54) is 64.5 Å². The van der Waals surface area contributed by atoms with Gasteiger partial charge in [-0.1, -0.05) is 12.8 Å². The Balaban J connectivity index is 1.57. The van der Waals surface area contributed by atoms with Gasteiger partial charge in [-0.15, -0.1) is 0 Å². The van der Waals surface area contributed by atoms with Gasteiger partial charge in [0.25, 0.3) is 0 Å². The molecular formula is C17H32N2O. The molecule has 3 fully saturated rings. The van der Waals surface area contributed by atoms with Crippen molar-refractivity contribution >= 4 is 0 Å². The fourth-order valence-corrected chi connectivity index (χ4v) is 5.08. The van der Waals surface area contributed by atoms with Crippen LogP contribution in [0.1, 0.15) is 64.2 Å². The fourth-order valence-electron chi connectivity index (χ4n) is 5.08. The summed E-state index contributed by atoms with van der Waals surface area (Å²) >= 11 is 0. The van der Waals surface area contributed by atoms with Gasteiger partial charge in [0.15, 0.2) is 0 Å². The number of rotatable bonds is 3. The normalized spacial score (nSPS) is 38.4. The molecule has 3 nitrogen and oxygen atoms in total. The van der Waals surface area contributed by atoms with Gasteiger partial charge in [-0.2, -0.15) is 0 Å². The number of nitrogens with one attached hydrogen (secondary N) is 1. The predicted molar refractivity (Wildman–Crippen MR) is 82.8 cm³/mol. The Morgan fingerprint density at radius 3 is 2.35 bits per heavy atom. The summed E-state index contributed by atoms with van der Waals surface area (Å²) in [6, 6.07) is 0.696. The number of likely N-dealkylation sites (N-methyl/N-ethyl adjacent to an activating group) is 1. The molecule has 2 saturated carbocycles. The molecule has 0 aromatic carbocycles. The Labute approximate surface area is 124 Å². The fraction of sp³-hybridized carbons (Fsp3) is 1.00. The van der Waals surface area contributed by atoms with Gasteiger partial charge >= 0.3 is 0 Å². The van der Waals surface area contributed by atoms with Crippen molar-refractivity contribution < 1.29 is 5.11 Å². The number of hydrogen-bond acceptors (Lipinski definition) is 3. The lowest BCUT2D eigenvalue weighted by molar-refractivity contribution is 0.0255. The minimum atomic E-state index is -0.00852. The van der Waals surface area contributed by atoms with E-state index in [1.54, 1.807) is 0 Å². The molecule has 20 heavy (non-hydrogen) atoms. The summed E-state index contributed by atoms with van der Waals surface area (Å²) in [7, 11) is 2.02. The lowest BCUT2D eigenvalue weighted by atomic mass is 9.74. The Morgan fingerprint density at radius 2 is 1.75 bits per heavy atom. The minimum Gasteiger partial charge on any atom is -0.394 e. The molecular weight excluding hydrogens is 248 g/mol. The number of piperidine rings is 1. The second-order valence-corrected chi connectivity index (χ2v) is 7.68. The molecule has 1 spiro atoms. The van der Waals surface area contributed by atoms with Crippen LogP contribution >= 0.6 is 0 Å². The third-order valence-corrected chi connectivity index (χ3v) is 6.69. The molecule has 3 aliphatic rings. The number of nitrogens with zero attached hydrogens (tertiary/aromatic N) is 1. The largest absolute Gasteiger partial charge is 0.394 e. The quantitative estimate of drug-likeness (QED) is 0.834. The first-order chi connectivity index (χ1) is 9.71. The second-order valence-electron chi connectivity index (χ2n) is 7.68. The van der Waals surface area contributed by atoms with Crippen LogP contribution in [-0.4, -0.2) is 48.3 Å². The highest BCUT2D eigenvalue weighted by Crippen LogP contribution is 2.47. The van der Waals surface area contributed by atoms with Crippen molar-refractivity contribution in [1.29, 1.82) is 0 Å². The first kappa shape index (κ1) is 14.8. The van der Waals surface area contributed by atoms with Crippen LogP contribution in [-0.2, 0) is 0 Å². The van der Waals surface area contributed by atoms with E-state index in [2.05, 4.69) is 10.2 Å². The monoisotopic (exact) mass is 280 g/mol. The molecule has 2 aliphatic carbocycles. The number of aliphatic hydroxyl groups excluding tert-OH is 1. The smallest absolute Gasteiger partial charge is 0.0613 e. The first-order valence-electron chi connectivity index (χ1n) is 8.75. The molecule has 3 rings (SSSR count). The lowest BCUT2D eigenvalue weighted by Crippen LogP contribution is -2.56. The van der Waals surface area contributed by atoms with E-state index in [0.717, 1.165) is 18.3 Å². The van der Waals surface area contributed by atoms with Crippen LogP contribution in [0.2, 0.25) is 0 Å². The standard InChI is InChI=1S/C17H32N2O/c1-18-17(14-20)8-4-5-15(13-17)19-11-9-16(10-12-19)6-2-3-7-16/h15,18,20H,2-14H2,1H3. The van der Waals surface area contributed by atoms with Crippen molar-refractivity contribution in [3.8, 4) is 0 Å². The molecule has 1 heterocycles. The summed E-state index contributed by atoms with van der Waals surface area (Å²) in [5.41, 5.74) is 0.716. The van der Waals surface area contributed by atoms with E-state index in [4.69, 9.17) is 0 Å². The van der Waals surface area contributed by atoms with Gasteiger partial charge in [0.2, 0.25) is 0 Å². The zero-order valence-corrected chi connectivity index (χ0v) is 13.2. The topological polar surface area (TPSA) is 35.5 Å². The van der Waals surface area contributed by atoms with Gasteiger partial charge in [0.1, 0.15) is 0 Å². The Bertz CT molecular complexity index is 311. The molecule has 116 valence electrons. The molecule has 1 saturated heterocycles. The molecule has 0 amide bonds. The van der Waals surface area contributed by atoms with Crippen LogP contribution in [0.15, 0.2) is 0 Å². The van der Waals surface area contributed by atoms with Crippen LogP contribution < -0.4 is 5.32 Å². The van der Waals surface area contributed by atoms with Crippen molar-refractivity contribution in [2.24, 2.45) is 5.41 Å². The van der Waals surface area contributed by atoms with Crippen molar-refractivity contribution in [1.82, 2.24) is 10.2 Å². The molecule has 2 atom stereocenters. The zero-order valence-electron chi connectivity index (χ0n) is 13.2. The van der Waals surface area contributed by atoms with Crippen molar-refractivity contribution in [3.05, 3.63) is 0 Å². The SMILES string of the molecule is CNC1(CO)CCCC(N2CCC3(CCCC3)CC2)C1. The highest BCUT2D eigenvalue weighted by molar-refractivity contribution is 4.98. The maximum atomic E-state index is 9.74.